The van der Waals surface area contributed by atoms with Crippen molar-refractivity contribution in [1.29, 1.82) is 0 Å². The topological polar surface area (TPSA) is 67.1 Å². The van der Waals surface area contributed by atoms with Crippen molar-refractivity contribution in [3.63, 3.8) is 0 Å². The van der Waals surface area contributed by atoms with Crippen molar-refractivity contribution in [2.45, 2.75) is 38.8 Å². The van der Waals surface area contributed by atoms with Crippen LogP contribution in [0.5, 0.6) is 0 Å². The van der Waals surface area contributed by atoms with Crippen molar-refractivity contribution in [2.75, 3.05) is 12.4 Å². The monoisotopic (exact) mass is 375 g/mol. The van der Waals surface area contributed by atoms with E-state index in [4.69, 9.17) is 5.73 Å². The Morgan fingerprint density at radius 1 is 1.29 bits per heavy atom. The Balaban J connectivity index is 1.76. The third kappa shape index (κ3) is 4.87. The van der Waals surface area contributed by atoms with Crippen LogP contribution in [0.15, 0.2) is 78.3 Å². The second kappa shape index (κ2) is 9.33. The molecule has 0 amide bonds. The van der Waals surface area contributed by atoms with Crippen LogP contribution in [0.3, 0.4) is 0 Å². The average Bonchev–Trinajstić information content (AvgIpc) is 2.85. The average molecular weight is 376 g/mol. The van der Waals surface area contributed by atoms with Gasteiger partial charge in [-0.05, 0) is 55.2 Å². The van der Waals surface area contributed by atoms with Crippen molar-refractivity contribution >= 4 is 11.5 Å². The summed E-state index contributed by atoms with van der Waals surface area (Å²) < 4.78 is 0. The molecule has 2 aliphatic rings. The number of allylic oxidation sites excluding steroid dienone is 7. The summed E-state index contributed by atoms with van der Waals surface area (Å²) in [6.45, 7) is 6.45. The van der Waals surface area contributed by atoms with E-state index in [1.165, 1.54) is 5.57 Å². The molecule has 0 aromatic carbocycles. The lowest BCUT2D eigenvalue weighted by molar-refractivity contribution is 0.386. The molecule has 0 spiro atoms. The number of likely N-dealkylation sites (N-methyl/N-ethyl adjacent to an activating group) is 1. The Kier molecular flexibility index (Phi) is 6.61. The number of hydrogen-bond donors (Lipinski definition) is 2. The maximum absolute atomic E-state index is 6.37. The molecule has 3 rings (SSSR count). The minimum absolute atomic E-state index is 0.242. The van der Waals surface area contributed by atoms with E-state index in [1.54, 1.807) is 6.20 Å². The van der Waals surface area contributed by atoms with Gasteiger partial charge in [-0.2, -0.15) is 0 Å². The molecule has 1 aromatic heterocycles. The van der Waals surface area contributed by atoms with Crippen molar-refractivity contribution in [3.05, 3.63) is 84.0 Å². The van der Waals surface area contributed by atoms with Gasteiger partial charge in [0.2, 0.25) is 5.95 Å². The molecular weight excluding hydrogens is 346 g/mol. The van der Waals surface area contributed by atoms with Crippen molar-refractivity contribution in [1.82, 2.24) is 14.9 Å². The molecule has 5 nitrogen and oxygen atoms in total. The van der Waals surface area contributed by atoms with Crippen LogP contribution >= 0.6 is 0 Å². The van der Waals surface area contributed by atoms with E-state index in [9.17, 15) is 0 Å². The van der Waals surface area contributed by atoms with Gasteiger partial charge in [0.05, 0.1) is 5.69 Å². The highest BCUT2D eigenvalue weighted by Gasteiger charge is 2.19. The maximum Gasteiger partial charge on any atom is 0.227 e. The summed E-state index contributed by atoms with van der Waals surface area (Å²) in [5.74, 6) is 0.559. The fraction of sp³-hybridized carbons (Fsp3) is 0.304. The van der Waals surface area contributed by atoms with Gasteiger partial charge in [-0.1, -0.05) is 49.5 Å². The largest absolute Gasteiger partial charge is 0.362 e. The molecule has 0 saturated heterocycles. The quantitative estimate of drug-likeness (QED) is 0.740. The molecule has 1 unspecified atom stereocenters. The first-order chi connectivity index (χ1) is 13.6. The summed E-state index contributed by atoms with van der Waals surface area (Å²) in [5, 5.41) is 3.32. The van der Waals surface area contributed by atoms with Gasteiger partial charge in [0, 0.05) is 18.9 Å². The zero-order valence-corrected chi connectivity index (χ0v) is 16.7. The first-order valence-corrected chi connectivity index (χ1v) is 9.77. The van der Waals surface area contributed by atoms with Crippen LogP contribution in [-0.4, -0.2) is 28.1 Å². The predicted octanol–water partition coefficient (Wildman–Crippen LogP) is 4.53. The van der Waals surface area contributed by atoms with Crippen LogP contribution < -0.4 is 11.1 Å². The van der Waals surface area contributed by atoms with Crippen LogP contribution in [0.4, 0.5) is 5.95 Å². The summed E-state index contributed by atoms with van der Waals surface area (Å²) in [5.41, 5.74) is 11.4. The van der Waals surface area contributed by atoms with Gasteiger partial charge in [0.15, 0.2) is 0 Å². The van der Waals surface area contributed by atoms with Gasteiger partial charge in [0.25, 0.3) is 0 Å². The second-order valence-electron chi connectivity index (χ2n) is 6.98. The second-order valence-corrected chi connectivity index (χ2v) is 6.98. The van der Waals surface area contributed by atoms with E-state index < -0.39 is 0 Å². The van der Waals surface area contributed by atoms with Crippen molar-refractivity contribution in [2.24, 2.45) is 5.73 Å². The molecular formula is C23H29N5. The highest BCUT2D eigenvalue weighted by molar-refractivity contribution is 5.77. The van der Waals surface area contributed by atoms with Gasteiger partial charge >= 0.3 is 0 Å². The third-order valence-corrected chi connectivity index (χ3v) is 5.02. The molecule has 0 radical (unpaired) electrons. The molecule has 1 aliphatic heterocycles. The summed E-state index contributed by atoms with van der Waals surface area (Å²) in [7, 11) is 1.96. The molecule has 3 N–H and O–H groups in total. The number of aromatic nitrogens is 2. The molecule has 1 aromatic rings. The molecule has 5 heteroatoms. The summed E-state index contributed by atoms with van der Waals surface area (Å²) in [6, 6.07) is 1.87. The molecule has 2 heterocycles. The van der Waals surface area contributed by atoms with Crippen molar-refractivity contribution < 1.29 is 0 Å². The van der Waals surface area contributed by atoms with E-state index in [0.717, 1.165) is 48.2 Å². The molecule has 0 fully saturated rings. The number of rotatable bonds is 5. The summed E-state index contributed by atoms with van der Waals surface area (Å²) in [6.07, 6.45) is 20.2. The van der Waals surface area contributed by atoms with Crippen LogP contribution in [-0.2, 0) is 0 Å². The lowest BCUT2D eigenvalue weighted by atomic mass is 10.0. The fourth-order valence-electron chi connectivity index (χ4n) is 3.24. The van der Waals surface area contributed by atoms with Crippen molar-refractivity contribution in [3.8, 4) is 0 Å². The highest BCUT2D eigenvalue weighted by atomic mass is 15.2. The van der Waals surface area contributed by atoms with Gasteiger partial charge in [-0.3, -0.25) is 0 Å². The normalized spacial score (nSPS) is 22.8. The zero-order valence-electron chi connectivity index (χ0n) is 16.7. The van der Waals surface area contributed by atoms with E-state index in [-0.39, 0.29) is 6.17 Å². The van der Waals surface area contributed by atoms with Gasteiger partial charge < -0.3 is 16.0 Å². The van der Waals surface area contributed by atoms with Crippen LogP contribution in [0.1, 0.15) is 38.3 Å². The zero-order chi connectivity index (χ0) is 19.9. The number of anilines is 1. The van der Waals surface area contributed by atoms with E-state index in [0.29, 0.717) is 5.95 Å². The Bertz CT molecular complexity index is 873. The number of nitrogens with one attached hydrogen (secondary N) is 1. The Labute approximate surface area is 167 Å². The SMILES string of the molecule is C=C(C1=CCC=CN(C)C1N)c1ccnc(NC2=CC/C=C(/CC)C/C=C\2)n1. The number of nitrogens with zero attached hydrogens (tertiary/aromatic N) is 3. The van der Waals surface area contributed by atoms with Crippen LogP contribution in [0, 0.1) is 0 Å². The Hall–Kier alpha value is -2.92. The third-order valence-electron chi connectivity index (χ3n) is 5.02. The molecule has 1 atom stereocenters. The molecule has 0 bridgehead atoms. The van der Waals surface area contributed by atoms with E-state index >= 15 is 0 Å². The van der Waals surface area contributed by atoms with E-state index in [1.807, 2.05) is 24.2 Å². The molecule has 146 valence electrons. The Morgan fingerprint density at radius 2 is 2.14 bits per heavy atom. The Morgan fingerprint density at radius 3 is 2.96 bits per heavy atom. The van der Waals surface area contributed by atoms with Gasteiger partial charge in [-0.25, -0.2) is 9.97 Å². The fourth-order valence-corrected chi connectivity index (χ4v) is 3.24. The first kappa shape index (κ1) is 19.8. The van der Waals surface area contributed by atoms with Gasteiger partial charge in [-0.15, -0.1) is 0 Å². The first-order valence-electron chi connectivity index (χ1n) is 9.77. The standard InChI is InChI=1S/C23H29N5/c1-4-18-9-7-11-19(12-8-10-18)26-23-25-15-14-21(27-23)17(2)20-13-5-6-16-28(3)22(20)24/h6-7,10-16,22H,2,4-5,8-9,24H2,1,3H3,(H,25,26,27)/b11-7-,18-10-,19-12?. The molecule has 0 saturated carbocycles. The summed E-state index contributed by atoms with van der Waals surface area (Å²) in [4.78, 5) is 11.0. The molecule has 28 heavy (non-hydrogen) atoms. The predicted molar refractivity (Wildman–Crippen MR) is 117 cm³/mol. The maximum atomic E-state index is 6.37. The van der Waals surface area contributed by atoms with Crippen LogP contribution in [0.25, 0.3) is 5.57 Å². The highest BCUT2D eigenvalue weighted by Crippen LogP contribution is 2.26. The molecule has 1 aliphatic carbocycles. The number of hydrogen-bond acceptors (Lipinski definition) is 5. The minimum atomic E-state index is -0.242. The minimum Gasteiger partial charge on any atom is -0.362 e. The van der Waals surface area contributed by atoms with E-state index in [2.05, 4.69) is 65.2 Å². The summed E-state index contributed by atoms with van der Waals surface area (Å²) >= 11 is 0. The van der Waals surface area contributed by atoms with Gasteiger partial charge in [0.1, 0.15) is 6.17 Å². The lowest BCUT2D eigenvalue weighted by Gasteiger charge is -2.25. The van der Waals surface area contributed by atoms with Crippen LogP contribution in [0.2, 0.25) is 0 Å². The number of nitrogens with two attached hydrogens (primary N) is 1. The smallest absolute Gasteiger partial charge is 0.227 e. The lowest BCUT2D eigenvalue weighted by Crippen LogP contribution is -2.37.